The standard InChI is InChI=1S/C19H24N2O3.C6H6/c1-4-15(13-20-3)17-7-5-16(6-8-17)14(2)21-11-9-18(10-12-22)24-19(21)23;1-2-4-6-5-3-1/h4-8,13-14,18,22H,1,3,9-12H2,2H3;1-6H/b15-13+;. The lowest BCUT2D eigenvalue weighted by molar-refractivity contribution is 0.00400. The van der Waals surface area contributed by atoms with Crippen molar-refractivity contribution < 1.29 is 14.6 Å². The minimum atomic E-state index is -0.321. The topological polar surface area (TPSA) is 62.1 Å². The van der Waals surface area contributed by atoms with Gasteiger partial charge in [-0.2, -0.15) is 0 Å². The van der Waals surface area contributed by atoms with Crippen molar-refractivity contribution in [2.75, 3.05) is 13.2 Å². The second-order valence-corrected chi connectivity index (χ2v) is 6.92. The van der Waals surface area contributed by atoms with Crippen LogP contribution in [0.4, 0.5) is 4.79 Å². The summed E-state index contributed by atoms with van der Waals surface area (Å²) in [5.41, 5.74) is 2.93. The van der Waals surface area contributed by atoms with E-state index in [1.165, 1.54) is 0 Å². The van der Waals surface area contributed by atoms with Gasteiger partial charge in [-0.15, -0.1) is 0 Å². The number of aliphatic hydroxyl groups is 1. The van der Waals surface area contributed by atoms with Gasteiger partial charge in [-0.05, 0) is 30.3 Å². The maximum absolute atomic E-state index is 12.2. The Morgan fingerprint density at radius 1 is 1.23 bits per heavy atom. The molecule has 5 nitrogen and oxygen atoms in total. The number of amides is 1. The minimum Gasteiger partial charge on any atom is -0.446 e. The van der Waals surface area contributed by atoms with Crippen molar-refractivity contribution >= 4 is 18.4 Å². The lowest BCUT2D eigenvalue weighted by atomic mass is 10.0. The van der Waals surface area contributed by atoms with E-state index >= 15 is 0 Å². The zero-order valence-electron chi connectivity index (χ0n) is 17.5. The van der Waals surface area contributed by atoms with E-state index in [0.29, 0.717) is 13.0 Å². The van der Waals surface area contributed by atoms with Gasteiger partial charge >= 0.3 is 6.09 Å². The van der Waals surface area contributed by atoms with Gasteiger partial charge in [-0.3, -0.25) is 4.99 Å². The highest BCUT2D eigenvalue weighted by Gasteiger charge is 2.30. The van der Waals surface area contributed by atoms with Crippen LogP contribution in [0.15, 0.2) is 84.5 Å². The molecule has 1 aliphatic heterocycles. The predicted molar refractivity (Wildman–Crippen MR) is 122 cm³/mol. The number of aliphatic hydroxyl groups excluding tert-OH is 1. The zero-order valence-corrected chi connectivity index (χ0v) is 17.5. The van der Waals surface area contributed by atoms with Crippen molar-refractivity contribution in [3.05, 3.63) is 90.6 Å². The third-order valence-corrected chi connectivity index (χ3v) is 4.96. The Hall–Kier alpha value is -3.18. The Bertz CT molecular complexity index is 805. The molecule has 2 atom stereocenters. The molecule has 1 aliphatic rings. The van der Waals surface area contributed by atoms with Gasteiger partial charge in [0.2, 0.25) is 0 Å². The van der Waals surface area contributed by atoms with Gasteiger partial charge in [0, 0.05) is 32.2 Å². The van der Waals surface area contributed by atoms with E-state index < -0.39 is 0 Å². The number of aliphatic imine (C=N–C) groups is 1. The lowest BCUT2D eigenvalue weighted by Gasteiger charge is -2.35. The summed E-state index contributed by atoms with van der Waals surface area (Å²) in [5, 5.41) is 8.96. The van der Waals surface area contributed by atoms with Crippen molar-refractivity contribution in [2.45, 2.75) is 31.9 Å². The predicted octanol–water partition coefficient (Wildman–Crippen LogP) is 5.26. The molecule has 2 aromatic rings. The normalized spacial score (nSPS) is 17.3. The smallest absolute Gasteiger partial charge is 0.410 e. The van der Waals surface area contributed by atoms with Crippen LogP contribution < -0.4 is 0 Å². The minimum absolute atomic E-state index is 0.0354. The number of nitrogens with zero attached hydrogens (tertiary/aromatic N) is 2. The van der Waals surface area contributed by atoms with Gasteiger partial charge in [0.05, 0.1) is 6.04 Å². The summed E-state index contributed by atoms with van der Waals surface area (Å²) in [6, 6.07) is 19.9. The highest BCUT2D eigenvalue weighted by molar-refractivity contribution is 5.74. The molecule has 1 fully saturated rings. The summed E-state index contributed by atoms with van der Waals surface area (Å²) in [6.45, 7) is 9.89. The molecule has 0 bridgehead atoms. The summed E-state index contributed by atoms with van der Waals surface area (Å²) in [5.74, 6) is 0. The molecular formula is C25H30N2O3. The molecule has 158 valence electrons. The third kappa shape index (κ3) is 6.71. The number of rotatable bonds is 7. The molecule has 0 aromatic heterocycles. The van der Waals surface area contributed by atoms with Crippen LogP contribution in [0.1, 0.15) is 36.9 Å². The monoisotopic (exact) mass is 406 g/mol. The van der Waals surface area contributed by atoms with Gasteiger partial charge in [0.15, 0.2) is 0 Å². The van der Waals surface area contributed by atoms with Crippen LogP contribution in [-0.2, 0) is 4.74 Å². The number of carbonyl (C=O) groups excluding carboxylic acids is 1. The highest BCUT2D eigenvalue weighted by atomic mass is 16.6. The Morgan fingerprint density at radius 3 is 2.30 bits per heavy atom. The van der Waals surface area contributed by atoms with Crippen LogP contribution in [0.5, 0.6) is 0 Å². The second-order valence-electron chi connectivity index (χ2n) is 6.92. The van der Waals surface area contributed by atoms with Crippen LogP contribution in [-0.4, -0.2) is 42.1 Å². The molecule has 0 aliphatic carbocycles. The Balaban J connectivity index is 0.000000456. The molecular weight excluding hydrogens is 376 g/mol. The van der Waals surface area contributed by atoms with Crippen molar-refractivity contribution in [3.8, 4) is 0 Å². The molecule has 1 saturated heterocycles. The van der Waals surface area contributed by atoms with E-state index in [2.05, 4.69) is 18.3 Å². The number of hydrogen-bond donors (Lipinski definition) is 1. The maximum atomic E-state index is 12.2. The summed E-state index contributed by atoms with van der Waals surface area (Å²) in [6.07, 6.45) is 4.13. The van der Waals surface area contributed by atoms with Crippen LogP contribution in [0.3, 0.4) is 0 Å². The van der Waals surface area contributed by atoms with Gasteiger partial charge in [-0.1, -0.05) is 73.3 Å². The van der Waals surface area contributed by atoms with Crippen LogP contribution >= 0.6 is 0 Å². The van der Waals surface area contributed by atoms with E-state index in [4.69, 9.17) is 9.84 Å². The maximum Gasteiger partial charge on any atom is 0.410 e. The van der Waals surface area contributed by atoms with Gasteiger partial charge < -0.3 is 14.7 Å². The fourth-order valence-electron chi connectivity index (χ4n) is 3.20. The van der Waals surface area contributed by atoms with E-state index in [1.54, 1.807) is 17.2 Å². The molecule has 30 heavy (non-hydrogen) atoms. The number of ether oxygens (including phenoxy) is 1. The molecule has 5 heteroatoms. The summed E-state index contributed by atoms with van der Waals surface area (Å²) < 4.78 is 5.38. The number of cyclic esters (lactones) is 1. The molecule has 0 saturated carbocycles. The molecule has 0 radical (unpaired) electrons. The van der Waals surface area contributed by atoms with Crippen LogP contribution in [0.25, 0.3) is 5.57 Å². The third-order valence-electron chi connectivity index (χ3n) is 4.96. The van der Waals surface area contributed by atoms with Crippen molar-refractivity contribution in [3.63, 3.8) is 0 Å². The van der Waals surface area contributed by atoms with Gasteiger partial charge in [0.1, 0.15) is 6.10 Å². The molecule has 2 aromatic carbocycles. The first-order chi connectivity index (χ1) is 14.6. The molecule has 1 heterocycles. The first-order valence-electron chi connectivity index (χ1n) is 10.1. The lowest BCUT2D eigenvalue weighted by Crippen LogP contribution is -2.43. The van der Waals surface area contributed by atoms with E-state index in [-0.39, 0.29) is 24.8 Å². The first kappa shape index (κ1) is 23.1. The van der Waals surface area contributed by atoms with Crippen LogP contribution in [0, 0.1) is 0 Å². The first-order valence-corrected chi connectivity index (χ1v) is 10.1. The average molecular weight is 407 g/mol. The Morgan fingerprint density at radius 2 is 1.83 bits per heavy atom. The molecule has 1 amide bonds. The zero-order chi connectivity index (χ0) is 21.8. The summed E-state index contributed by atoms with van der Waals surface area (Å²) in [4.78, 5) is 17.7. The largest absolute Gasteiger partial charge is 0.446 e. The van der Waals surface area contributed by atoms with Crippen molar-refractivity contribution in [1.82, 2.24) is 4.90 Å². The molecule has 2 unspecified atom stereocenters. The van der Waals surface area contributed by atoms with Crippen LogP contribution in [0.2, 0.25) is 0 Å². The van der Waals surface area contributed by atoms with Crippen molar-refractivity contribution in [1.29, 1.82) is 0 Å². The number of benzene rings is 2. The number of hydrogen-bond acceptors (Lipinski definition) is 4. The quantitative estimate of drug-likeness (QED) is 0.504. The van der Waals surface area contributed by atoms with Gasteiger partial charge in [-0.25, -0.2) is 4.79 Å². The second kappa shape index (κ2) is 12.4. The number of carbonyl (C=O) groups is 1. The average Bonchev–Trinajstić information content (AvgIpc) is 2.79. The molecule has 0 spiro atoms. The highest BCUT2D eigenvalue weighted by Crippen LogP contribution is 2.27. The molecule has 3 rings (SSSR count). The number of allylic oxidation sites excluding steroid dienone is 2. The fourth-order valence-corrected chi connectivity index (χ4v) is 3.20. The van der Waals surface area contributed by atoms with E-state index in [9.17, 15) is 4.79 Å². The SMILES string of the molecule is C=C/C(=C\N=C)c1ccc(C(C)N2CCC(CCO)OC2=O)cc1.c1ccccc1. The van der Waals surface area contributed by atoms with E-state index in [1.807, 2.05) is 67.6 Å². The fraction of sp³-hybridized carbons (Fsp3) is 0.280. The van der Waals surface area contributed by atoms with E-state index in [0.717, 1.165) is 23.1 Å². The van der Waals surface area contributed by atoms with Crippen molar-refractivity contribution in [2.24, 2.45) is 4.99 Å². The Labute approximate surface area is 179 Å². The molecule has 1 N–H and O–H groups in total. The van der Waals surface area contributed by atoms with Gasteiger partial charge in [0.25, 0.3) is 0 Å². The summed E-state index contributed by atoms with van der Waals surface area (Å²) >= 11 is 0. The summed E-state index contributed by atoms with van der Waals surface area (Å²) in [7, 11) is 0. The Kier molecular flexibility index (Phi) is 9.55.